The maximum atomic E-state index is 13.9. The Morgan fingerprint density at radius 2 is 1.63 bits per heavy atom. The van der Waals surface area contributed by atoms with Gasteiger partial charge in [-0.05, 0) is 49.1 Å². The normalized spacial score (nSPS) is 21.2. The molecular weight excluding hydrogens is 381 g/mol. The van der Waals surface area contributed by atoms with Crippen molar-refractivity contribution in [1.82, 2.24) is 5.32 Å². The van der Waals surface area contributed by atoms with Gasteiger partial charge >= 0.3 is 0 Å². The second-order valence-corrected chi connectivity index (χ2v) is 7.56. The molecule has 3 atom stereocenters. The Balaban J connectivity index is 1.44. The van der Waals surface area contributed by atoms with Crippen LogP contribution in [-0.2, 0) is 6.54 Å². The van der Waals surface area contributed by atoms with Gasteiger partial charge in [0, 0.05) is 18.7 Å². The Labute approximate surface area is 176 Å². The summed E-state index contributed by atoms with van der Waals surface area (Å²) in [5, 5.41) is 14.3. The molecule has 1 aliphatic carbocycles. The molecule has 4 rings (SSSR count). The fourth-order valence-corrected chi connectivity index (χ4v) is 3.77. The van der Waals surface area contributed by atoms with Crippen LogP contribution >= 0.6 is 0 Å². The predicted molar refractivity (Wildman–Crippen MR) is 114 cm³/mol. The van der Waals surface area contributed by atoms with E-state index in [0.29, 0.717) is 30.2 Å². The lowest BCUT2D eigenvalue weighted by Crippen LogP contribution is -2.50. The van der Waals surface area contributed by atoms with Gasteiger partial charge < -0.3 is 19.9 Å². The van der Waals surface area contributed by atoms with Crippen molar-refractivity contribution in [3.8, 4) is 17.2 Å². The van der Waals surface area contributed by atoms with E-state index in [9.17, 15) is 9.50 Å². The molecule has 0 saturated heterocycles. The predicted octanol–water partition coefficient (Wildman–Crippen LogP) is 5.07. The monoisotopic (exact) mass is 407 g/mol. The Bertz CT molecular complexity index is 936. The van der Waals surface area contributed by atoms with E-state index in [1.165, 1.54) is 12.1 Å². The molecule has 0 radical (unpaired) electrons. The molecule has 0 bridgehead atoms. The SMILES string of the molecule is O[C@@H]1[C@H](NCc2ccccc2)CCC[C@H]1Oc1cc(F)ccc1Oc1ccccc1. The van der Waals surface area contributed by atoms with Gasteiger partial charge in [-0.2, -0.15) is 0 Å². The van der Waals surface area contributed by atoms with Crippen LogP contribution in [0, 0.1) is 5.82 Å². The minimum Gasteiger partial charge on any atom is -0.484 e. The topological polar surface area (TPSA) is 50.7 Å². The van der Waals surface area contributed by atoms with Crippen LogP contribution in [0.4, 0.5) is 4.39 Å². The smallest absolute Gasteiger partial charge is 0.169 e. The molecular formula is C25H26FNO3. The molecule has 156 valence electrons. The van der Waals surface area contributed by atoms with Crippen LogP contribution in [0.5, 0.6) is 17.2 Å². The first kappa shape index (κ1) is 20.4. The molecule has 4 nitrogen and oxygen atoms in total. The molecule has 0 aliphatic heterocycles. The summed E-state index contributed by atoms with van der Waals surface area (Å²) in [7, 11) is 0. The number of hydrogen-bond acceptors (Lipinski definition) is 4. The second-order valence-electron chi connectivity index (χ2n) is 7.56. The first-order valence-electron chi connectivity index (χ1n) is 10.3. The van der Waals surface area contributed by atoms with Crippen LogP contribution in [0.2, 0.25) is 0 Å². The maximum Gasteiger partial charge on any atom is 0.169 e. The average Bonchev–Trinajstić information content (AvgIpc) is 2.78. The molecule has 0 spiro atoms. The summed E-state index contributed by atoms with van der Waals surface area (Å²) in [6.45, 7) is 0.678. The van der Waals surface area contributed by atoms with E-state index in [0.717, 1.165) is 18.4 Å². The lowest BCUT2D eigenvalue weighted by molar-refractivity contribution is -0.0166. The van der Waals surface area contributed by atoms with Gasteiger partial charge in [-0.25, -0.2) is 4.39 Å². The standard InChI is InChI=1S/C25H26FNO3/c26-19-14-15-22(29-20-10-5-2-6-11-20)24(16-19)30-23-13-7-12-21(25(23)28)27-17-18-8-3-1-4-9-18/h1-6,8-11,14-16,21,23,25,27-28H,7,12-13,17H2/t21-,23-,25-/m1/s1. The third kappa shape index (κ3) is 5.17. The highest BCUT2D eigenvalue weighted by atomic mass is 19.1. The summed E-state index contributed by atoms with van der Waals surface area (Å²) in [4.78, 5) is 0. The Morgan fingerprint density at radius 3 is 2.40 bits per heavy atom. The van der Waals surface area contributed by atoms with Gasteiger partial charge in [0.2, 0.25) is 0 Å². The zero-order valence-electron chi connectivity index (χ0n) is 16.7. The van der Waals surface area contributed by atoms with Crippen molar-refractivity contribution in [2.75, 3.05) is 0 Å². The van der Waals surface area contributed by atoms with Crippen molar-refractivity contribution in [3.63, 3.8) is 0 Å². The quantitative estimate of drug-likeness (QED) is 0.574. The molecule has 0 unspecified atom stereocenters. The van der Waals surface area contributed by atoms with Crippen molar-refractivity contribution >= 4 is 0 Å². The van der Waals surface area contributed by atoms with Crippen LogP contribution < -0.4 is 14.8 Å². The molecule has 2 N–H and O–H groups in total. The lowest BCUT2D eigenvalue weighted by atomic mass is 9.89. The Morgan fingerprint density at radius 1 is 0.900 bits per heavy atom. The van der Waals surface area contributed by atoms with Crippen molar-refractivity contribution in [1.29, 1.82) is 0 Å². The lowest BCUT2D eigenvalue weighted by Gasteiger charge is -2.35. The molecule has 3 aromatic carbocycles. The molecule has 5 heteroatoms. The van der Waals surface area contributed by atoms with Crippen LogP contribution in [0.25, 0.3) is 0 Å². The highest BCUT2D eigenvalue weighted by Gasteiger charge is 2.33. The summed E-state index contributed by atoms with van der Waals surface area (Å²) in [5.41, 5.74) is 1.16. The zero-order chi connectivity index (χ0) is 20.8. The third-order valence-electron chi connectivity index (χ3n) is 5.36. The van der Waals surface area contributed by atoms with Crippen molar-refractivity contribution < 1.29 is 19.0 Å². The molecule has 0 amide bonds. The van der Waals surface area contributed by atoms with Gasteiger partial charge in [0.25, 0.3) is 0 Å². The van der Waals surface area contributed by atoms with E-state index >= 15 is 0 Å². The molecule has 0 heterocycles. The number of aliphatic hydroxyl groups excluding tert-OH is 1. The van der Waals surface area contributed by atoms with E-state index < -0.39 is 18.0 Å². The van der Waals surface area contributed by atoms with Gasteiger partial charge in [-0.1, -0.05) is 48.5 Å². The third-order valence-corrected chi connectivity index (χ3v) is 5.36. The first-order chi connectivity index (χ1) is 14.7. The number of para-hydroxylation sites is 1. The average molecular weight is 407 g/mol. The number of halogens is 1. The molecule has 3 aromatic rings. The summed E-state index contributed by atoms with van der Waals surface area (Å²) in [5.74, 6) is 0.954. The van der Waals surface area contributed by atoms with E-state index in [1.54, 1.807) is 6.07 Å². The number of nitrogens with one attached hydrogen (secondary N) is 1. The molecule has 0 aromatic heterocycles. The van der Waals surface area contributed by atoms with Crippen LogP contribution in [0.1, 0.15) is 24.8 Å². The van der Waals surface area contributed by atoms with E-state index in [-0.39, 0.29) is 6.04 Å². The van der Waals surface area contributed by atoms with Gasteiger partial charge in [0.05, 0.1) is 0 Å². The first-order valence-corrected chi connectivity index (χ1v) is 10.3. The maximum absolute atomic E-state index is 13.9. The van der Waals surface area contributed by atoms with Gasteiger partial charge in [-0.15, -0.1) is 0 Å². The molecule has 1 saturated carbocycles. The summed E-state index contributed by atoms with van der Waals surface area (Å²) < 4.78 is 25.9. The van der Waals surface area contributed by atoms with Crippen LogP contribution in [-0.4, -0.2) is 23.4 Å². The van der Waals surface area contributed by atoms with E-state index in [2.05, 4.69) is 17.4 Å². The molecule has 1 aliphatic rings. The highest BCUT2D eigenvalue weighted by Crippen LogP contribution is 2.35. The van der Waals surface area contributed by atoms with Gasteiger partial charge in [0.15, 0.2) is 11.5 Å². The summed E-state index contributed by atoms with van der Waals surface area (Å²) in [6, 6.07) is 23.5. The van der Waals surface area contributed by atoms with Gasteiger partial charge in [0.1, 0.15) is 23.8 Å². The summed E-state index contributed by atoms with van der Waals surface area (Å²) in [6.07, 6.45) is 1.34. The van der Waals surface area contributed by atoms with Crippen LogP contribution in [0.3, 0.4) is 0 Å². The number of aliphatic hydroxyl groups is 1. The highest BCUT2D eigenvalue weighted by molar-refractivity contribution is 5.43. The number of benzene rings is 3. The second kappa shape index (κ2) is 9.74. The minimum absolute atomic E-state index is 0.0870. The van der Waals surface area contributed by atoms with Crippen molar-refractivity contribution in [3.05, 3.63) is 90.2 Å². The molecule has 30 heavy (non-hydrogen) atoms. The fourth-order valence-electron chi connectivity index (χ4n) is 3.77. The minimum atomic E-state index is -0.699. The van der Waals surface area contributed by atoms with Gasteiger partial charge in [-0.3, -0.25) is 0 Å². The molecule has 1 fully saturated rings. The number of ether oxygens (including phenoxy) is 2. The van der Waals surface area contributed by atoms with Crippen molar-refractivity contribution in [2.45, 2.75) is 44.1 Å². The zero-order valence-corrected chi connectivity index (χ0v) is 16.7. The Kier molecular flexibility index (Phi) is 6.62. The summed E-state index contributed by atoms with van der Waals surface area (Å²) >= 11 is 0. The number of hydrogen-bond donors (Lipinski definition) is 2. The number of rotatable bonds is 7. The van der Waals surface area contributed by atoms with E-state index in [4.69, 9.17) is 9.47 Å². The Hall–Kier alpha value is -2.89. The van der Waals surface area contributed by atoms with Crippen LogP contribution in [0.15, 0.2) is 78.9 Å². The van der Waals surface area contributed by atoms with E-state index in [1.807, 2.05) is 48.5 Å². The largest absolute Gasteiger partial charge is 0.484 e. The van der Waals surface area contributed by atoms with Crippen molar-refractivity contribution in [2.24, 2.45) is 0 Å². The fraction of sp³-hybridized carbons (Fsp3) is 0.280.